The monoisotopic (exact) mass is 138 g/mol. The largest absolute Gasteiger partial charge is 0.465 e. The summed E-state index contributed by atoms with van der Waals surface area (Å²) in [5.74, 6) is -0.164. The van der Waals surface area contributed by atoms with Gasteiger partial charge in [-0.25, -0.2) is 4.79 Å². The van der Waals surface area contributed by atoms with Crippen molar-refractivity contribution in [2.45, 2.75) is 0 Å². The molecule has 0 aromatic heterocycles. The molecule has 0 rings (SSSR count). The molecule has 0 aliphatic heterocycles. The fourth-order valence-electron chi connectivity index (χ4n) is 0.452. The molecule has 54 valence electrons. The van der Waals surface area contributed by atoms with E-state index in [0.29, 0.717) is 11.0 Å². The SMILES string of the molecule is COC(=O)C[N+]([14CH3])([14CH3])[14CH3]. The molecular weight excluding hydrogens is 124 g/mol. The number of ether oxygens (including phenoxy) is 1. The fraction of sp³-hybridized carbons (Fsp3) is 0.833. The predicted molar refractivity (Wildman–Crippen MR) is 34.9 cm³/mol. The highest BCUT2D eigenvalue weighted by Crippen LogP contribution is 1.89. The summed E-state index contributed by atoms with van der Waals surface area (Å²) in [5, 5.41) is 0. The quantitative estimate of drug-likeness (QED) is 0.392. The van der Waals surface area contributed by atoms with Gasteiger partial charge in [0, 0.05) is 0 Å². The van der Waals surface area contributed by atoms with Gasteiger partial charge in [0.15, 0.2) is 6.54 Å². The van der Waals surface area contributed by atoms with Crippen LogP contribution in [0.3, 0.4) is 0 Å². The van der Waals surface area contributed by atoms with Crippen molar-refractivity contribution >= 4 is 5.97 Å². The molecule has 0 aromatic carbocycles. The number of quaternary nitrogens is 1. The molecule has 0 fully saturated rings. The van der Waals surface area contributed by atoms with Crippen LogP contribution in [0.2, 0.25) is 0 Å². The van der Waals surface area contributed by atoms with Gasteiger partial charge in [-0.2, -0.15) is 0 Å². The number of nitrogens with zero attached hydrogens (tertiary/aromatic N) is 1. The van der Waals surface area contributed by atoms with Crippen LogP contribution in [0, 0.1) is 0 Å². The number of carbonyl (C=O) groups excluding carboxylic acids is 1. The minimum atomic E-state index is -0.164. The number of likely N-dealkylation sites (N-methyl/N-ethyl adjacent to an activating group) is 1. The summed E-state index contributed by atoms with van der Waals surface area (Å²) in [7, 11) is 7.22. The first-order valence-electron chi connectivity index (χ1n) is 2.83. The first-order chi connectivity index (χ1) is 3.95. The molecular formula is C6H14NO2+. The third-order valence-corrected chi connectivity index (χ3v) is 0.831. The third kappa shape index (κ3) is 5.30. The summed E-state index contributed by atoms with van der Waals surface area (Å²) in [6.45, 7) is 0.427. The Bertz CT molecular complexity index is 104. The van der Waals surface area contributed by atoms with Crippen LogP contribution in [0.15, 0.2) is 0 Å². The summed E-state index contributed by atoms with van der Waals surface area (Å²) in [6, 6.07) is 0. The van der Waals surface area contributed by atoms with E-state index in [2.05, 4.69) is 4.74 Å². The van der Waals surface area contributed by atoms with E-state index in [1.807, 2.05) is 21.1 Å². The van der Waals surface area contributed by atoms with Crippen molar-refractivity contribution in [2.75, 3.05) is 34.8 Å². The van der Waals surface area contributed by atoms with E-state index in [-0.39, 0.29) is 5.97 Å². The second kappa shape index (κ2) is 2.82. The molecule has 0 saturated heterocycles. The number of hydrogen-bond acceptors (Lipinski definition) is 2. The van der Waals surface area contributed by atoms with Gasteiger partial charge in [-0.05, 0) is 0 Å². The molecule has 9 heavy (non-hydrogen) atoms. The van der Waals surface area contributed by atoms with Crippen LogP contribution in [0.25, 0.3) is 0 Å². The Hall–Kier alpha value is -0.570. The van der Waals surface area contributed by atoms with Gasteiger partial charge in [0.05, 0.1) is 28.3 Å². The van der Waals surface area contributed by atoms with E-state index in [1.165, 1.54) is 7.11 Å². The van der Waals surface area contributed by atoms with Gasteiger partial charge in [0.2, 0.25) is 0 Å². The molecule has 0 saturated carbocycles. The second-order valence-corrected chi connectivity index (χ2v) is 3.02. The zero-order valence-corrected chi connectivity index (χ0v) is 6.47. The van der Waals surface area contributed by atoms with Crippen LogP contribution < -0.4 is 0 Å². The topological polar surface area (TPSA) is 26.3 Å². The van der Waals surface area contributed by atoms with Gasteiger partial charge in [-0.3, -0.25) is 0 Å². The molecule has 0 radical (unpaired) electrons. The predicted octanol–water partition coefficient (Wildman–Crippen LogP) is -0.134. The van der Waals surface area contributed by atoms with Gasteiger partial charge in [0.1, 0.15) is 0 Å². The number of carbonyl (C=O) groups is 1. The molecule has 0 N–H and O–H groups in total. The first kappa shape index (κ1) is 8.43. The van der Waals surface area contributed by atoms with Gasteiger partial charge in [-0.15, -0.1) is 0 Å². The maximum Gasteiger partial charge on any atom is 0.361 e. The number of hydrogen-bond donors (Lipinski definition) is 0. The van der Waals surface area contributed by atoms with Crippen LogP contribution in [0.4, 0.5) is 0 Å². The Morgan fingerprint density at radius 1 is 1.56 bits per heavy atom. The van der Waals surface area contributed by atoms with Gasteiger partial charge in [0.25, 0.3) is 0 Å². The lowest BCUT2D eigenvalue weighted by Crippen LogP contribution is -2.39. The minimum Gasteiger partial charge on any atom is -0.465 e. The summed E-state index contributed by atoms with van der Waals surface area (Å²) in [4.78, 5) is 10.6. The first-order valence-corrected chi connectivity index (χ1v) is 2.83. The normalized spacial score (nSPS) is 11.1. The van der Waals surface area contributed by atoms with Crippen molar-refractivity contribution < 1.29 is 14.0 Å². The zero-order chi connectivity index (χ0) is 7.49. The van der Waals surface area contributed by atoms with Crippen LogP contribution in [0.1, 0.15) is 0 Å². The van der Waals surface area contributed by atoms with Crippen molar-refractivity contribution in [1.29, 1.82) is 0 Å². The molecule has 0 aliphatic carbocycles. The smallest absolute Gasteiger partial charge is 0.361 e. The van der Waals surface area contributed by atoms with E-state index < -0.39 is 0 Å². The van der Waals surface area contributed by atoms with E-state index in [0.717, 1.165) is 0 Å². The third-order valence-electron chi connectivity index (χ3n) is 0.831. The molecule has 3 nitrogen and oxygen atoms in total. The Balaban J connectivity index is 3.60. The Labute approximate surface area is 55.8 Å². The summed E-state index contributed by atoms with van der Waals surface area (Å²) in [5.41, 5.74) is 0. The second-order valence-electron chi connectivity index (χ2n) is 3.02. The summed E-state index contributed by atoms with van der Waals surface area (Å²) < 4.78 is 5.09. The van der Waals surface area contributed by atoms with Crippen molar-refractivity contribution in [3.8, 4) is 0 Å². The van der Waals surface area contributed by atoms with Crippen LogP contribution >= 0.6 is 0 Å². The molecule has 0 amide bonds. The molecule has 0 aromatic rings. The molecule has 0 bridgehead atoms. The number of methoxy groups -OCH3 is 1. The average molecular weight is 138 g/mol. The summed E-state index contributed by atoms with van der Waals surface area (Å²) in [6.07, 6.45) is 0. The van der Waals surface area contributed by atoms with Gasteiger partial charge < -0.3 is 9.22 Å². The summed E-state index contributed by atoms with van der Waals surface area (Å²) >= 11 is 0. The molecule has 0 unspecified atom stereocenters. The van der Waals surface area contributed by atoms with Gasteiger partial charge in [-0.1, -0.05) is 0 Å². The van der Waals surface area contributed by atoms with Crippen molar-refractivity contribution in [2.24, 2.45) is 0 Å². The average Bonchev–Trinajstić information content (AvgIpc) is 1.62. The lowest BCUT2D eigenvalue weighted by Gasteiger charge is -2.21. The number of rotatable bonds is 2. The lowest BCUT2D eigenvalue weighted by molar-refractivity contribution is -0.862. The maximum absolute atomic E-state index is 10.6. The van der Waals surface area contributed by atoms with Crippen LogP contribution in [-0.2, 0) is 9.53 Å². The fourth-order valence-corrected chi connectivity index (χ4v) is 0.452. The molecule has 0 spiro atoms. The van der Waals surface area contributed by atoms with Crippen LogP contribution in [0.5, 0.6) is 0 Å². The van der Waals surface area contributed by atoms with E-state index in [1.54, 1.807) is 0 Å². The Kier molecular flexibility index (Phi) is 2.65. The standard InChI is InChI=1S/C6H14NO2/c1-7(2,3)5-6(8)9-4/h5H2,1-4H3/q+1/i1+2,2+2,3+2. The van der Waals surface area contributed by atoms with Crippen molar-refractivity contribution in [3.63, 3.8) is 0 Å². The van der Waals surface area contributed by atoms with Crippen molar-refractivity contribution in [1.82, 2.24) is 0 Å². The van der Waals surface area contributed by atoms with E-state index >= 15 is 0 Å². The van der Waals surface area contributed by atoms with Gasteiger partial charge >= 0.3 is 5.97 Å². The number of esters is 1. The van der Waals surface area contributed by atoms with Crippen molar-refractivity contribution in [3.05, 3.63) is 0 Å². The highest BCUT2D eigenvalue weighted by molar-refractivity contribution is 5.70. The minimum absolute atomic E-state index is 0.164. The van der Waals surface area contributed by atoms with E-state index in [9.17, 15) is 4.79 Å². The lowest BCUT2D eigenvalue weighted by atomic mass is 10.7. The molecule has 0 atom stereocenters. The highest BCUT2D eigenvalue weighted by atomic mass is 16.5. The molecule has 0 heterocycles. The van der Waals surface area contributed by atoms with E-state index in [4.69, 9.17) is 0 Å². The molecule has 3 heteroatoms. The maximum atomic E-state index is 10.6. The zero-order valence-electron chi connectivity index (χ0n) is 6.47. The van der Waals surface area contributed by atoms with Crippen LogP contribution in [-0.4, -0.2) is 45.2 Å². The molecule has 0 aliphatic rings. The Morgan fingerprint density at radius 2 is 2.00 bits per heavy atom. The highest BCUT2D eigenvalue weighted by Gasteiger charge is 2.13. The Morgan fingerprint density at radius 3 is 2.11 bits per heavy atom.